The van der Waals surface area contributed by atoms with Crippen molar-refractivity contribution in [2.45, 2.75) is 12.8 Å². The number of carbonyl (C=O) groups is 2. The maximum Gasteiger partial charge on any atom is 0.253 e. The van der Waals surface area contributed by atoms with Gasteiger partial charge in [0.2, 0.25) is 0 Å². The van der Waals surface area contributed by atoms with Crippen LogP contribution in [0.2, 0.25) is 0 Å². The van der Waals surface area contributed by atoms with E-state index in [2.05, 4.69) is 0 Å². The van der Waals surface area contributed by atoms with Crippen molar-refractivity contribution < 1.29 is 51.8 Å². The molecule has 15 heavy (non-hydrogen) atoms. The van der Waals surface area contributed by atoms with Gasteiger partial charge in [-0.05, 0) is 0 Å². The van der Waals surface area contributed by atoms with Gasteiger partial charge in [0.25, 0.3) is 11.8 Å². The summed E-state index contributed by atoms with van der Waals surface area (Å²) in [6, 6.07) is 0. The number of hydroxylamine groups is 2. The minimum Gasteiger partial charge on any atom is -0.400 e. The predicted octanol–water partition coefficient (Wildman–Crippen LogP) is -1.65. The molecule has 7 nitrogen and oxygen atoms in total. The van der Waals surface area contributed by atoms with E-state index in [0.717, 1.165) is 21.3 Å². The summed E-state index contributed by atoms with van der Waals surface area (Å²) in [6.07, 6.45) is 0.296. The number of aliphatic hydroxyl groups is 3. The molecular formula is C7H17NO6Ti. The van der Waals surface area contributed by atoms with Crippen molar-refractivity contribution in [3.05, 3.63) is 0 Å². The van der Waals surface area contributed by atoms with Gasteiger partial charge < -0.3 is 15.3 Å². The summed E-state index contributed by atoms with van der Waals surface area (Å²) in [5.41, 5.74) is 0. The van der Waals surface area contributed by atoms with E-state index in [0.29, 0.717) is 0 Å². The smallest absolute Gasteiger partial charge is 0.253 e. The first-order valence-electron chi connectivity index (χ1n) is 3.60. The molecule has 0 unspecified atom stereocenters. The SMILES string of the molecule is CO.CO.CO.O=C1CCC(=O)N1O.[Ti]. The summed E-state index contributed by atoms with van der Waals surface area (Å²) in [5, 5.41) is 29.6. The third-order valence-corrected chi connectivity index (χ3v) is 1.03. The summed E-state index contributed by atoms with van der Waals surface area (Å²) in [4.78, 5) is 20.5. The number of amides is 2. The Labute approximate surface area is 103 Å². The Balaban J connectivity index is -0.0000000755. The maximum atomic E-state index is 10.2. The fraction of sp³-hybridized carbons (Fsp3) is 0.714. The van der Waals surface area contributed by atoms with Crippen LogP contribution < -0.4 is 0 Å². The van der Waals surface area contributed by atoms with Crippen molar-refractivity contribution >= 4 is 11.8 Å². The van der Waals surface area contributed by atoms with Crippen molar-refractivity contribution in [2.75, 3.05) is 21.3 Å². The third-order valence-electron chi connectivity index (χ3n) is 1.03. The molecular weight excluding hydrogens is 242 g/mol. The first-order valence-corrected chi connectivity index (χ1v) is 3.60. The predicted molar refractivity (Wildman–Crippen MR) is 47.3 cm³/mol. The van der Waals surface area contributed by atoms with Gasteiger partial charge in [-0.15, -0.1) is 0 Å². The van der Waals surface area contributed by atoms with Crippen LogP contribution in [0.1, 0.15) is 12.8 Å². The summed E-state index contributed by atoms with van der Waals surface area (Å²) in [6.45, 7) is 0. The molecule has 0 aliphatic carbocycles. The molecule has 0 radical (unpaired) electrons. The van der Waals surface area contributed by atoms with E-state index in [4.69, 9.17) is 20.5 Å². The normalized spacial score (nSPS) is 12.1. The summed E-state index contributed by atoms with van der Waals surface area (Å²) < 4.78 is 0. The first-order chi connectivity index (χ1) is 6.72. The Morgan fingerprint density at radius 1 is 0.867 bits per heavy atom. The van der Waals surface area contributed by atoms with Crippen LogP contribution in [0.5, 0.6) is 0 Å². The Morgan fingerprint density at radius 2 is 1.07 bits per heavy atom. The van der Waals surface area contributed by atoms with Crippen molar-refractivity contribution in [3.8, 4) is 0 Å². The first kappa shape index (κ1) is 24.1. The molecule has 8 heteroatoms. The van der Waals surface area contributed by atoms with E-state index in [1.165, 1.54) is 0 Å². The quantitative estimate of drug-likeness (QED) is 0.235. The molecule has 1 rings (SSSR count). The van der Waals surface area contributed by atoms with Crippen molar-refractivity contribution in [2.24, 2.45) is 0 Å². The molecule has 1 saturated heterocycles. The summed E-state index contributed by atoms with van der Waals surface area (Å²) >= 11 is 0. The van der Waals surface area contributed by atoms with Gasteiger partial charge >= 0.3 is 0 Å². The molecule has 0 aromatic rings. The number of rotatable bonds is 0. The minimum absolute atomic E-state index is 0. The molecule has 0 aromatic carbocycles. The van der Waals surface area contributed by atoms with E-state index >= 15 is 0 Å². The molecule has 1 heterocycles. The Bertz CT molecular complexity index is 138. The number of hydrogen-bond donors (Lipinski definition) is 4. The van der Waals surface area contributed by atoms with Crippen LogP contribution >= 0.6 is 0 Å². The van der Waals surface area contributed by atoms with Crippen molar-refractivity contribution in [3.63, 3.8) is 0 Å². The largest absolute Gasteiger partial charge is 0.400 e. The van der Waals surface area contributed by atoms with Crippen LogP contribution in [0.25, 0.3) is 0 Å². The second-order valence-corrected chi connectivity index (χ2v) is 1.60. The van der Waals surface area contributed by atoms with Crippen molar-refractivity contribution in [1.82, 2.24) is 5.06 Å². The fourth-order valence-corrected chi connectivity index (χ4v) is 0.565. The van der Waals surface area contributed by atoms with Crippen LogP contribution in [0, 0.1) is 0 Å². The van der Waals surface area contributed by atoms with Crippen LogP contribution in [-0.2, 0) is 31.3 Å². The zero-order chi connectivity index (χ0) is 12.1. The van der Waals surface area contributed by atoms with Crippen LogP contribution in [0.4, 0.5) is 0 Å². The minimum atomic E-state index is -0.505. The van der Waals surface area contributed by atoms with E-state index in [1.54, 1.807) is 0 Å². The molecule has 0 atom stereocenters. The second kappa shape index (κ2) is 19.3. The van der Waals surface area contributed by atoms with Gasteiger partial charge in [0.15, 0.2) is 0 Å². The van der Waals surface area contributed by atoms with E-state index in [1.807, 2.05) is 0 Å². The van der Waals surface area contributed by atoms with Gasteiger partial charge in [-0.25, -0.2) is 0 Å². The zero-order valence-electron chi connectivity index (χ0n) is 8.97. The monoisotopic (exact) mass is 259 g/mol. The average Bonchev–Trinajstić information content (AvgIpc) is 2.58. The Hall–Kier alpha value is -0.306. The Morgan fingerprint density at radius 3 is 1.13 bits per heavy atom. The van der Waals surface area contributed by atoms with E-state index in [9.17, 15) is 9.59 Å². The topological polar surface area (TPSA) is 118 Å². The van der Waals surface area contributed by atoms with Crippen LogP contribution in [-0.4, -0.2) is 58.7 Å². The molecule has 4 N–H and O–H groups in total. The second-order valence-electron chi connectivity index (χ2n) is 1.60. The standard InChI is InChI=1S/C4H5NO3.3CH4O.Ti/c6-3-1-2-4(7)5(3)8;3*1-2;/h8H,1-2H2;3*2H,1H3;. The van der Waals surface area contributed by atoms with Crippen molar-refractivity contribution in [1.29, 1.82) is 0 Å². The summed E-state index contributed by atoms with van der Waals surface area (Å²) in [5.74, 6) is -1.01. The Kier molecular flexibility index (Phi) is 31.0. The number of carbonyl (C=O) groups excluding carboxylic acids is 2. The van der Waals surface area contributed by atoms with Crippen LogP contribution in [0.3, 0.4) is 0 Å². The van der Waals surface area contributed by atoms with E-state index < -0.39 is 11.8 Å². The van der Waals surface area contributed by atoms with Gasteiger partial charge in [-0.1, -0.05) is 0 Å². The van der Waals surface area contributed by atoms with E-state index in [-0.39, 0.29) is 39.6 Å². The molecule has 0 spiro atoms. The number of imide groups is 1. The van der Waals surface area contributed by atoms with Gasteiger partial charge in [-0.2, -0.15) is 5.06 Å². The molecule has 1 aliphatic rings. The number of hydrogen-bond acceptors (Lipinski definition) is 6. The molecule has 0 bridgehead atoms. The molecule has 1 aliphatic heterocycles. The number of nitrogens with zero attached hydrogens (tertiary/aromatic N) is 1. The molecule has 90 valence electrons. The number of aliphatic hydroxyl groups excluding tert-OH is 3. The van der Waals surface area contributed by atoms with Gasteiger partial charge in [-0.3, -0.25) is 14.8 Å². The zero-order valence-corrected chi connectivity index (χ0v) is 10.5. The average molecular weight is 259 g/mol. The fourth-order valence-electron chi connectivity index (χ4n) is 0.565. The van der Waals surface area contributed by atoms with Gasteiger partial charge in [0.1, 0.15) is 0 Å². The molecule has 0 saturated carbocycles. The molecule has 1 fully saturated rings. The molecule has 0 aromatic heterocycles. The van der Waals surface area contributed by atoms with Gasteiger partial charge in [0.05, 0.1) is 0 Å². The molecule has 2 amide bonds. The summed E-state index contributed by atoms with van der Waals surface area (Å²) in [7, 11) is 3.00. The maximum absolute atomic E-state index is 10.2. The van der Waals surface area contributed by atoms with Gasteiger partial charge in [0, 0.05) is 55.9 Å². The van der Waals surface area contributed by atoms with Crippen LogP contribution in [0.15, 0.2) is 0 Å². The third kappa shape index (κ3) is 11.6.